The van der Waals surface area contributed by atoms with Crippen molar-refractivity contribution in [3.63, 3.8) is 0 Å². The Hall–Kier alpha value is -4.49. The fraction of sp³-hybridized carbons (Fsp3) is 0.238. The Kier molecular flexibility index (Phi) is 6.11. The number of amides is 1. The number of carbonyl (C=O) groups is 1. The highest BCUT2D eigenvalue weighted by Gasteiger charge is 2.34. The number of hydrogen-bond donors (Lipinski definition) is 0. The summed E-state index contributed by atoms with van der Waals surface area (Å²) in [7, 11) is 0. The number of anilines is 1. The van der Waals surface area contributed by atoms with Gasteiger partial charge in [0.05, 0.1) is 21.1 Å². The number of benzene rings is 2. The van der Waals surface area contributed by atoms with Crippen molar-refractivity contribution in [3.8, 4) is 5.69 Å². The first-order valence-electron chi connectivity index (χ1n) is 10.2. The molecule has 4 rings (SSSR count). The lowest BCUT2D eigenvalue weighted by Gasteiger charge is -2.35. The Morgan fingerprint density at radius 3 is 2.29 bits per heavy atom. The number of hydrogen-bond acceptors (Lipinski definition) is 7. The highest BCUT2D eigenvalue weighted by Crippen LogP contribution is 2.36. The lowest BCUT2D eigenvalue weighted by molar-refractivity contribution is -0.384. The molecule has 0 atom stereocenters. The Balaban J connectivity index is 1.46. The summed E-state index contributed by atoms with van der Waals surface area (Å²) < 4.78 is 40.2. The molecule has 1 fully saturated rings. The van der Waals surface area contributed by atoms with Gasteiger partial charge in [0, 0.05) is 50.6 Å². The number of nitro benzene ring substituents is 2. The Morgan fingerprint density at radius 2 is 1.66 bits per heavy atom. The summed E-state index contributed by atoms with van der Waals surface area (Å²) in [6, 6.07) is 9.58. The van der Waals surface area contributed by atoms with Gasteiger partial charge in [-0.05, 0) is 24.3 Å². The summed E-state index contributed by atoms with van der Waals surface area (Å²) in [5, 5.41) is 26.6. The summed E-state index contributed by atoms with van der Waals surface area (Å²) in [5.74, 6) is -0.407. The highest BCUT2D eigenvalue weighted by molar-refractivity contribution is 5.92. The summed E-state index contributed by atoms with van der Waals surface area (Å²) in [4.78, 5) is 36.9. The maximum absolute atomic E-state index is 13.0. The zero-order valence-electron chi connectivity index (χ0n) is 17.9. The minimum absolute atomic E-state index is 0.0463. The maximum atomic E-state index is 13.0. The van der Waals surface area contributed by atoms with Gasteiger partial charge < -0.3 is 9.80 Å². The van der Waals surface area contributed by atoms with Gasteiger partial charge in [-0.25, -0.2) is 4.68 Å². The number of alkyl halides is 3. The fourth-order valence-corrected chi connectivity index (χ4v) is 3.76. The lowest BCUT2D eigenvalue weighted by Crippen LogP contribution is -2.49. The van der Waals surface area contributed by atoms with E-state index in [0.29, 0.717) is 11.8 Å². The molecule has 14 heteroatoms. The molecule has 1 saturated heterocycles. The molecule has 2 heterocycles. The van der Waals surface area contributed by atoms with E-state index in [1.165, 1.54) is 40.0 Å². The van der Waals surface area contributed by atoms with Crippen LogP contribution in [0, 0.1) is 20.2 Å². The van der Waals surface area contributed by atoms with E-state index in [-0.39, 0.29) is 43.2 Å². The van der Waals surface area contributed by atoms with Crippen LogP contribution in [0.25, 0.3) is 5.69 Å². The average molecular weight is 490 g/mol. The van der Waals surface area contributed by atoms with Gasteiger partial charge in [0.2, 0.25) is 0 Å². The second-order valence-electron chi connectivity index (χ2n) is 7.66. The Labute approximate surface area is 195 Å². The topological polar surface area (TPSA) is 128 Å². The van der Waals surface area contributed by atoms with E-state index in [1.807, 2.05) is 0 Å². The van der Waals surface area contributed by atoms with Crippen LogP contribution in [0.15, 0.2) is 54.7 Å². The third-order valence-electron chi connectivity index (χ3n) is 5.52. The first-order valence-corrected chi connectivity index (χ1v) is 10.2. The third kappa shape index (κ3) is 4.90. The summed E-state index contributed by atoms with van der Waals surface area (Å²) in [6.45, 7) is 0.675. The van der Waals surface area contributed by atoms with Crippen LogP contribution in [-0.2, 0) is 6.18 Å². The second kappa shape index (κ2) is 9.04. The Bertz CT molecular complexity index is 1300. The molecule has 0 saturated carbocycles. The van der Waals surface area contributed by atoms with Gasteiger partial charge >= 0.3 is 6.18 Å². The van der Waals surface area contributed by atoms with E-state index in [2.05, 4.69) is 5.10 Å². The minimum Gasteiger partial charge on any atom is -0.362 e. The van der Waals surface area contributed by atoms with Gasteiger partial charge in [-0.2, -0.15) is 18.3 Å². The normalized spacial score (nSPS) is 14.1. The molecule has 2 aromatic carbocycles. The minimum atomic E-state index is -4.71. The van der Waals surface area contributed by atoms with Crippen molar-refractivity contribution in [2.75, 3.05) is 31.1 Å². The van der Waals surface area contributed by atoms with E-state index in [9.17, 15) is 38.2 Å². The van der Waals surface area contributed by atoms with Crippen molar-refractivity contribution in [2.24, 2.45) is 0 Å². The molecule has 0 N–H and O–H groups in total. The molecule has 0 bridgehead atoms. The molecule has 3 aromatic rings. The molecule has 1 aliphatic rings. The number of aromatic nitrogens is 2. The maximum Gasteiger partial charge on any atom is 0.416 e. The highest BCUT2D eigenvalue weighted by atomic mass is 19.4. The predicted octanol–water partition coefficient (Wildman–Crippen LogP) is 3.67. The molecule has 1 aliphatic heterocycles. The van der Waals surface area contributed by atoms with Crippen LogP contribution in [0.2, 0.25) is 0 Å². The zero-order valence-corrected chi connectivity index (χ0v) is 17.9. The molecule has 1 aromatic heterocycles. The SMILES string of the molecule is O=C(c1ccn(-c2cccc([N+](=O)[O-])c2)n1)N1CCN(c2ccc(C(F)(F)F)cc2[N+](=O)[O-])CC1. The van der Waals surface area contributed by atoms with Gasteiger partial charge in [-0.1, -0.05) is 6.07 Å². The number of carbonyl (C=O) groups excluding carboxylic acids is 1. The van der Waals surface area contributed by atoms with Crippen molar-refractivity contribution >= 4 is 23.0 Å². The molecule has 0 radical (unpaired) electrons. The lowest BCUT2D eigenvalue weighted by atomic mass is 10.1. The van der Waals surface area contributed by atoms with Gasteiger partial charge in [0.25, 0.3) is 17.3 Å². The quantitative estimate of drug-likeness (QED) is 0.394. The van der Waals surface area contributed by atoms with Gasteiger partial charge in [-0.15, -0.1) is 0 Å². The molecular formula is C21H17F3N6O5. The van der Waals surface area contributed by atoms with Crippen molar-refractivity contribution in [1.82, 2.24) is 14.7 Å². The van der Waals surface area contributed by atoms with Gasteiger partial charge in [0.15, 0.2) is 5.69 Å². The predicted molar refractivity (Wildman–Crippen MR) is 116 cm³/mol. The van der Waals surface area contributed by atoms with Crippen LogP contribution in [0.5, 0.6) is 0 Å². The molecule has 35 heavy (non-hydrogen) atoms. The second-order valence-corrected chi connectivity index (χ2v) is 7.66. The van der Waals surface area contributed by atoms with Crippen LogP contribution < -0.4 is 4.90 Å². The van der Waals surface area contributed by atoms with Crippen LogP contribution in [-0.4, -0.2) is 56.6 Å². The molecular weight excluding hydrogens is 473 g/mol. The largest absolute Gasteiger partial charge is 0.416 e. The fourth-order valence-electron chi connectivity index (χ4n) is 3.76. The summed E-state index contributed by atoms with van der Waals surface area (Å²) >= 11 is 0. The van der Waals surface area contributed by atoms with Crippen LogP contribution in [0.3, 0.4) is 0 Å². The van der Waals surface area contributed by atoms with E-state index in [0.717, 1.165) is 12.1 Å². The molecule has 1 amide bonds. The number of rotatable bonds is 5. The van der Waals surface area contributed by atoms with Gasteiger partial charge in [0.1, 0.15) is 5.69 Å². The summed E-state index contributed by atoms with van der Waals surface area (Å²) in [5.41, 5.74) is -1.34. The first kappa shape index (κ1) is 23.7. The molecule has 0 unspecified atom stereocenters. The molecule has 0 spiro atoms. The standard InChI is InChI=1S/C21H17F3N6O5/c22-21(23,24)14-4-5-18(19(12-14)30(34)35)26-8-10-27(11-9-26)20(31)17-6-7-28(25-17)15-2-1-3-16(13-15)29(32)33/h1-7,12-13H,8-11H2. The van der Waals surface area contributed by atoms with E-state index in [4.69, 9.17) is 0 Å². The number of non-ortho nitro benzene ring substituents is 1. The van der Waals surface area contributed by atoms with E-state index < -0.39 is 33.2 Å². The molecule has 182 valence electrons. The van der Waals surface area contributed by atoms with Crippen LogP contribution >= 0.6 is 0 Å². The third-order valence-corrected chi connectivity index (χ3v) is 5.52. The van der Waals surface area contributed by atoms with Crippen molar-refractivity contribution < 1.29 is 27.8 Å². The van der Waals surface area contributed by atoms with Crippen LogP contribution in [0.4, 0.5) is 30.2 Å². The average Bonchev–Trinajstić information content (AvgIpc) is 3.33. The van der Waals surface area contributed by atoms with Crippen molar-refractivity contribution in [3.05, 3.63) is 86.2 Å². The number of piperazine rings is 1. The smallest absolute Gasteiger partial charge is 0.362 e. The number of halogens is 3. The first-order chi connectivity index (χ1) is 16.5. The van der Waals surface area contributed by atoms with E-state index >= 15 is 0 Å². The number of nitrogens with zero attached hydrogens (tertiary/aromatic N) is 6. The van der Waals surface area contributed by atoms with Gasteiger partial charge in [-0.3, -0.25) is 25.0 Å². The van der Waals surface area contributed by atoms with Crippen LogP contribution in [0.1, 0.15) is 16.1 Å². The number of nitro groups is 2. The monoisotopic (exact) mass is 490 g/mol. The summed E-state index contributed by atoms with van der Waals surface area (Å²) in [6.07, 6.45) is -3.21. The Morgan fingerprint density at radius 1 is 0.943 bits per heavy atom. The van der Waals surface area contributed by atoms with E-state index in [1.54, 1.807) is 11.0 Å². The zero-order chi connectivity index (χ0) is 25.3. The molecule has 0 aliphatic carbocycles. The molecule has 11 nitrogen and oxygen atoms in total. The van der Waals surface area contributed by atoms with Crippen molar-refractivity contribution in [1.29, 1.82) is 0 Å². The van der Waals surface area contributed by atoms with Crippen molar-refractivity contribution in [2.45, 2.75) is 6.18 Å².